The van der Waals surface area contributed by atoms with Gasteiger partial charge in [0.05, 0.1) is 16.6 Å². The molecule has 1 aromatic carbocycles. The summed E-state index contributed by atoms with van der Waals surface area (Å²) in [5.74, 6) is 0.535. The number of piperidine rings is 1. The lowest BCUT2D eigenvalue weighted by atomic mass is 9.87. The summed E-state index contributed by atoms with van der Waals surface area (Å²) in [4.78, 5) is 29.5. The van der Waals surface area contributed by atoms with Crippen molar-refractivity contribution in [1.82, 2.24) is 10.2 Å². The van der Waals surface area contributed by atoms with Crippen LogP contribution in [0.3, 0.4) is 0 Å². The molecule has 1 saturated heterocycles. The minimum atomic E-state index is -0.00757. The van der Waals surface area contributed by atoms with Gasteiger partial charge in [0.25, 0.3) is 0 Å². The molecule has 5 nitrogen and oxygen atoms in total. The monoisotopic (exact) mass is 453 g/mol. The van der Waals surface area contributed by atoms with Crippen LogP contribution in [0.4, 0.5) is 5.69 Å². The number of nitrogens with zero attached hydrogens (tertiary/aromatic N) is 2. The molecule has 2 fully saturated rings. The number of rotatable bonds is 6. The minimum absolute atomic E-state index is 0.00757. The molecule has 2 aliphatic rings. The van der Waals surface area contributed by atoms with Gasteiger partial charge in [0.1, 0.15) is 0 Å². The Morgan fingerprint density at radius 2 is 1.73 bits per heavy atom. The molecule has 1 aliphatic carbocycles. The number of nitrogens with one attached hydrogen (secondary N) is 1. The van der Waals surface area contributed by atoms with Crippen molar-refractivity contribution in [2.24, 2.45) is 5.92 Å². The molecule has 2 amide bonds. The van der Waals surface area contributed by atoms with Crippen LogP contribution in [0.2, 0.25) is 10.0 Å². The summed E-state index contributed by atoms with van der Waals surface area (Å²) in [6.45, 7) is 5.83. The minimum Gasteiger partial charge on any atom is -0.360 e. The molecule has 0 bridgehead atoms. The molecule has 30 heavy (non-hydrogen) atoms. The van der Waals surface area contributed by atoms with E-state index in [1.165, 1.54) is 19.3 Å². The maximum Gasteiger partial charge on any atom is 0.239 e. The average Bonchev–Trinajstić information content (AvgIpc) is 2.74. The van der Waals surface area contributed by atoms with Gasteiger partial charge in [0.2, 0.25) is 11.8 Å². The Labute approximate surface area is 190 Å². The third kappa shape index (κ3) is 6.04. The van der Waals surface area contributed by atoms with Crippen molar-refractivity contribution < 1.29 is 9.59 Å². The summed E-state index contributed by atoms with van der Waals surface area (Å²) in [5.41, 5.74) is 0.877. The number of carbonyl (C=O) groups is 2. The van der Waals surface area contributed by atoms with E-state index in [-0.39, 0.29) is 30.5 Å². The fourth-order valence-electron chi connectivity index (χ4n) is 4.52. The maximum absolute atomic E-state index is 12.7. The van der Waals surface area contributed by atoms with Gasteiger partial charge < -0.3 is 15.1 Å². The van der Waals surface area contributed by atoms with Crippen LogP contribution in [0, 0.1) is 5.92 Å². The first-order chi connectivity index (χ1) is 14.3. The Hall–Kier alpha value is -1.46. The summed E-state index contributed by atoms with van der Waals surface area (Å²) in [6, 6.07) is 5.70. The number of likely N-dealkylation sites (tertiary alicyclic amines) is 1. The highest BCUT2D eigenvalue weighted by Crippen LogP contribution is 2.29. The summed E-state index contributed by atoms with van der Waals surface area (Å²) in [7, 11) is 0. The average molecular weight is 454 g/mol. The summed E-state index contributed by atoms with van der Waals surface area (Å²) < 4.78 is 0. The fourth-order valence-corrected chi connectivity index (χ4v) is 4.81. The molecule has 3 rings (SSSR count). The van der Waals surface area contributed by atoms with Gasteiger partial charge in [-0.15, -0.1) is 0 Å². The summed E-state index contributed by atoms with van der Waals surface area (Å²) >= 11 is 12.2. The fraction of sp³-hybridized carbons (Fsp3) is 0.652. The van der Waals surface area contributed by atoms with Crippen molar-refractivity contribution in [3.8, 4) is 0 Å². The van der Waals surface area contributed by atoms with Crippen LogP contribution < -0.4 is 10.2 Å². The van der Waals surface area contributed by atoms with Crippen molar-refractivity contribution in [3.63, 3.8) is 0 Å². The van der Waals surface area contributed by atoms with E-state index in [0.29, 0.717) is 16.0 Å². The highest BCUT2D eigenvalue weighted by atomic mass is 35.5. The van der Waals surface area contributed by atoms with E-state index < -0.39 is 0 Å². The first-order valence-corrected chi connectivity index (χ1v) is 11.9. The predicted molar refractivity (Wildman–Crippen MR) is 123 cm³/mol. The maximum atomic E-state index is 12.7. The third-order valence-corrected chi connectivity index (χ3v) is 7.04. The topological polar surface area (TPSA) is 52.7 Å². The first-order valence-electron chi connectivity index (χ1n) is 11.1. The molecule has 1 saturated carbocycles. The van der Waals surface area contributed by atoms with Gasteiger partial charge in [0.15, 0.2) is 0 Å². The van der Waals surface area contributed by atoms with E-state index in [1.807, 2.05) is 29.7 Å². The summed E-state index contributed by atoms with van der Waals surface area (Å²) in [6.07, 6.45) is 7.32. The van der Waals surface area contributed by atoms with E-state index in [2.05, 4.69) is 5.32 Å². The molecule has 1 aliphatic heterocycles. The largest absolute Gasteiger partial charge is 0.360 e. The number of halogens is 2. The quantitative estimate of drug-likeness (QED) is 0.666. The standard InChI is InChI=1S/C23H33Cl2N3O2/c1-16(2)28(19-8-9-20(24)21(25)14-19)15-22(29)26-18-10-12-27(13-11-18)23(30)17-6-4-3-5-7-17/h8-9,14,16-18H,3-7,10-13,15H2,1-2H3,(H,26,29). The molecular formula is C23H33Cl2N3O2. The van der Waals surface area contributed by atoms with E-state index in [1.54, 1.807) is 12.1 Å². The van der Waals surface area contributed by atoms with Crippen LogP contribution in [-0.4, -0.2) is 48.4 Å². The third-order valence-electron chi connectivity index (χ3n) is 6.30. The molecule has 0 aromatic heterocycles. The number of carbonyl (C=O) groups excluding carboxylic acids is 2. The van der Waals surface area contributed by atoms with E-state index >= 15 is 0 Å². The van der Waals surface area contributed by atoms with Gasteiger partial charge in [-0.25, -0.2) is 0 Å². The number of hydrogen-bond donors (Lipinski definition) is 1. The number of benzene rings is 1. The van der Waals surface area contributed by atoms with Gasteiger partial charge in [-0.2, -0.15) is 0 Å². The van der Waals surface area contributed by atoms with Crippen molar-refractivity contribution in [2.45, 2.75) is 70.9 Å². The van der Waals surface area contributed by atoms with Gasteiger partial charge in [-0.1, -0.05) is 42.5 Å². The zero-order chi connectivity index (χ0) is 21.7. The van der Waals surface area contributed by atoms with Crippen molar-refractivity contribution in [2.75, 3.05) is 24.5 Å². The van der Waals surface area contributed by atoms with Gasteiger partial charge in [-0.3, -0.25) is 9.59 Å². The molecule has 0 spiro atoms. The molecule has 0 unspecified atom stereocenters. The molecule has 1 N–H and O–H groups in total. The van der Waals surface area contributed by atoms with Crippen molar-refractivity contribution in [1.29, 1.82) is 0 Å². The lowest BCUT2D eigenvalue weighted by Gasteiger charge is -2.36. The number of anilines is 1. The molecule has 166 valence electrons. The van der Waals surface area contributed by atoms with Crippen molar-refractivity contribution in [3.05, 3.63) is 28.2 Å². The Bertz CT molecular complexity index is 742. The summed E-state index contributed by atoms with van der Waals surface area (Å²) in [5, 5.41) is 4.15. The second-order valence-corrected chi connectivity index (χ2v) is 9.64. The Kier molecular flexibility index (Phi) is 8.29. The molecule has 1 aromatic rings. The number of hydrogen-bond acceptors (Lipinski definition) is 3. The lowest BCUT2D eigenvalue weighted by Crippen LogP contribution is -2.50. The smallest absolute Gasteiger partial charge is 0.239 e. The zero-order valence-electron chi connectivity index (χ0n) is 18.0. The Morgan fingerprint density at radius 1 is 1.07 bits per heavy atom. The van der Waals surface area contributed by atoms with Crippen LogP contribution in [0.5, 0.6) is 0 Å². The zero-order valence-corrected chi connectivity index (χ0v) is 19.5. The highest BCUT2D eigenvalue weighted by Gasteiger charge is 2.29. The molecular weight excluding hydrogens is 421 g/mol. The highest BCUT2D eigenvalue weighted by molar-refractivity contribution is 6.42. The van der Waals surface area contributed by atoms with Crippen LogP contribution in [-0.2, 0) is 9.59 Å². The van der Waals surface area contributed by atoms with Crippen LogP contribution in [0.25, 0.3) is 0 Å². The first kappa shape index (κ1) is 23.2. The lowest BCUT2D eigenvalue weighted by molar-refractivity contribution is -0.137. The second-order valence-electron chi connectivity index (χ2n) is 8.82. The van der Waals surface area contributed by atoms with Crippen LogP contribution >= 0.6 is 23.2 Å². The molecule has 0 atom stereocenters. The van der Waals surface area contributed by atoms with E-state index in [0.717, 1.165) is 44.5 Å². The van der Waals surface area contributed by atoms with Crippen LogP contribution in [0.1, 0.15) is 58.8 Å². The van der Waals surface area contributed by atoms with Gasteiger partial charge >= 0.3 is 0 Å². The van der Waals surface area contributed by atoms with Crippen LogP contribution in [0.15, 0.2) is 18.2 Å². The van der Waals surface area contributed by atoms with Gasteiger partial charge in [0, 0.05) is 36.8 Å². The Balaban J connectivity index is 1.49. The normalized spacial score (nSPS) is 18.5. The predicted octanol–water partition coefficient (Wildman–Crippen LogP) is 4.90. The number of amides is 2. The van der Waals surface area contributed by atoms with E-state index in [9.17, 15) is 9.59 Å². The van der Waals surface area contributed by atoms with Crippen molar-refractivity contribution >= 4 is 40.7 Å². The SMILES string of the molecule is CC(C)N(CC(=O)NC1CCN(C(=O)C2CCCCC2)CC1)c1ccc(Cl)c(Cl)c1. The second kappa shape index (κ2) is 10.7. The van der Waals surface area contributed by atoms with Gasteiger partial charge in [-0.05, 0) is 57.7 Å². The molecule has 1 heterocycles. The molecule has 7 heteroatoms. The molecule has 0 radical (unpaired) electrons. The van der Waals surface area contributed by atoms with E-state index in [4.69, 9.17) is 23.2 Å². The Morgan fingerprint density at radius 3 is 2.33 bits per heavy atom.